The van der Waals surface area contributed by atoms with E-state index in [1.165, 1.54) is 0 Å². The Kier molecular flexibility index (Phi) is 4.28. The number of anilines is 1. The summed E-state index contributed by atoms with van der Waals surface area (Å²) in [6, 6.07) is 8.52. The Morgan fingerprint density at radius 2 is 2.04 bits per heavy atom. The van der Waals surface area contributed by atoms with Crippen molar-refractivity contribution < 1.29 is 14.4 Å². The monoisotopic (exact) mass is 352 g/mol. The van der Waals surface area contributed by atoms with Crippen LogP contribution in [0.4, 0.5) is 10.5 Å². The summed E-state index contributed by atoms with van der Waals surface area (Å²) < 4.78 is 0. The maximum absolute atomic E-state index is 12.6. The van der Waals surface area contributed by atoms with Gasteiger partial charge >= 0.3 is 6.03 Å². The summed E-state index contributed by atoms with van der Waals surface area (Å²) in [4.78, 5) is 42.7. The smallest absolute Gasteiger partial charge is 0.324 e. The van der Waals surface area contributed by atoms with Crippen molar-refractivity contribution in [3.63, 3.8) is 0 Å². The van der Waals surface area contributed by atoms with Crippen molar-refractivity contribution in [2.24, 2.45) is 5.92 Å². The molecule has 1 aromatic carbocycles. The number of hydrogen-bond acceptors (Lipinski definition) is 4. The SMILES string of the molecule is O=C(CN1C(=O)NC2CCCCC2C1=O)Nc1cccc2ncccc12. The first-order valence-corrected chi connectivity index (χ1v) is 8.89. The summed E-state index contributed by atoms with van der Waals surface area (Å²) in [6.07, 6.45) is 5.27. The molecule has 1 aliphatic heterocycles. The van der Waals surface area contributed by atoms with Gasteiger partial charge in [0, 0.05) is 17.6 Å². The third kappa shape index (κ3) is 3.00. The number of carbonyl (C=O) groups is 3. The number of urea groups is 1. The molecule has 134 valence electrons. The third-order valence-corrected chi connectivity index (χ3v) is 5.12. The van der Waals surface area contributed by atoms with Crippen molar-refractivity contribution in [2.45, 2.75) is 31.7 Å². The average Bonchev–Trinajstić information content (AvgIpc) is 2.65. The number of amides is 4. The van der Waals surface area contributed by atoms with Crippen LogP contribution in [-0.4, -0.2) is 40.3 Å². The van der Waals surface area contributed by atoms with E-state index in [9.17, 15) is 14.4 Å². The molecule has 1 saturated heterocycles. The number of rotatable bonds is 3. The van der Waals surface area contributed by atoms with E-state index in [1.54, 1.807) is 24.4 Å². The molecule has 4 rings (SSSR count). The van der Waals surface area contributed by atoms with Gasteiger partial charge in [0.15, 0.2) is 0 Å². The summed E-state index contributed by atoms with van der Waals surface area (Å²) in [5.74, 6) is -0.858. The molecule has 2 heterocycles. The molecule has 1 saturated carbocycles. The van der Waals surface area contributed by atoms with E-state index in [0.29, 0.717) is 5.69 Å². The molecule has 7 nitrogen and oxygen atoms in total. The number of hydrogen-bond donors (Lipinski definition) is 2. The second kappa shape index (κ2) is 6.74. The number of carbonyl (C=O) groups excluding carboxylic acids is 3. The summed E-state index contributed by atoms with van der Waals surface area (Å²) >= 11 is 0. The van der Waals surface area contributed by atoms with E-state index in [0.717, 1.165) is 41.5 Å². The van der Waals surface area contributed by atoms with E-state index < -0.39 is 11.9 Å². The molecular weight excluding hydrogens is 332 g/mol. The van der Waals surface area contributed by atoms with Crippen molar-refractivity contribution in [2.75, 3.05) is 11.9 Å². The van der Waals surface area contributed by atoms with Gasteiger partial charge in [-0.15, -0.1) is 0 Å². The molecule has 0 radical (unpaired) electrons. The van der Waals surface area contributed by atoms with Crippen LogP contribution in [0.3, 0.4) is 0 Å². The molecule has 4 amide bonds. The third-order valence-electron chi connectivity index (χ3n) is 5.12. The Hall–Kier alpha value is -2.96. The minimum Gasteiger partial charge on any atom is -0.334 e. The first-order valence-electron chi connectivity index (χ1n) is 8.89. The van der Waals surface area contributed by atoms with Crippen LogP contribution in [0, 0.1) is 5.92 Å². The number of fused-ring (bicyclic) bond motifs is 2. The molecule has 0 bridgehead atoms. The van der Waals surface area contributed by atoms with Gasteiger partial charge in [-0.2, -0.15) is 0 Å². The lowest BCUT2D eigenvalue weighted by Crippen LogP contribution is -2.61. The minimum absolute atomic E-state index is 0.0906. The standard InChI is InChI=1S/C19H20N4O3/c24-17(21-15-9-3-8-14-12(15)6-4-10-20-14)11-23-18(25)13-5-1-2-7-16(13)22-19(23)26/h3-4,6,8-10,13,16H,1-2,5,7,11H2,(H,21,24)(H,22,26). The fourth-order valence-electron chi connectivity index (χ4n) is 3.83. The van der Waals surface area contributed by atoms with Crippen LogP contribution in [0.1, 0.15) is 25.7 Å². The zero-order chi connectivity index (χ0) is 18.1. The van der Waals surface area contributed by atoms with E-state index in [1.807, 2.05) is 12.1 Å². The summed E-state index contributed by atoms with van der Waals surface area (Å²) in [6.45, 7) is -0.287. The van der Waals surface area contributed by atoms with E-state index in [4.69, 9.17) is 0 Å². The number of aromatic nitrogens is 1. The van der Waals surface area contributed by atoms with Crippen molar-refractivity contribution >= 4 is 34.4 Å². The van der Waals surface area contributed by atoms with Gasteiger partial charge in [0.1, 0.15) is 6.54 Å². The number of nitrogens with zero attached hydrogens (tertiary/aromatic N) is 2. The maximum atomic E-state index is 12.6. The Balaban J connectivity index is 1.49. The molecule has 2 aromatic rings. The molecule has 2 fully saturated rings. The van der Waals surface area contributed by atoms with Gasteiger partial charge < -0.3 is 10.6 Å². The summed E-state index contributed by atoms with van der Waals surface area (Å²) in [5, 5.41) is 6.48. The molecule has 2 aliphatic rings. The highest BCUT2D eigenvalue weighted by Crippen LogP contribution is 2.29. The lowest BCUT2D eigenvalue weighted by Gasteiger charge is -2.39. The van der Waals surface area contributed by atoms with E-state index in [2.05, 4.69) is 15.6 Å². The molecule has 2 unspecified atom stereocenters. The predicted molar refractivity (Wildman–Crippen MR) is 96.4 cm³/mol. The lowest BCUT2D eigenvalue weighted by molar-refractivity contribution is -0.138. The number of nitrogens with one attached hydrogen (secondary N) is 2. The number of pyridine rings is 1. The molecule has 7 heteroatoms. The molecular formula is C19H20N4O3. The van der Waals surface area contributed by atoms with Crippen molar-refractivity contribution in [1.29, 1.82) is 0 Å². The normalized spacial score (nSPS) is 22.7. The van der Waals surface area contributed by atoms with Crippen molar-refractivity contribution in [3.05, 3.63) is 36.5 Å². The van der Waals surface area contributed by atoms with Crippen LogP contribution >= 0.6 is 0 Å². The molecule has 1 aromatic heterocycles. The highest BCUT2D eigenvalue weighted by molar-refractivity contribution is 6.06. The van der Waals surface area contributed by atoms with Crippen LogP contribution in [0.2, 0.25) is 0 Å². The summed E-state index contributed by atoms with van der Waals surface area (Å²) in [7, 11) is 0. The second-order valence-electron chi connectivity index (χ2n) is 6.80. The van der Waals surface area contributed by atoms with Crippen LogP contribution in [0.15, 0.2) is 36.5 Å². The Labute approximate surface area is 150 Å². The van der Waals surface area contributed by atoms with E-state index >= 15 is 0 Å². The first-order chi connectivity index (χ1) is 12.6. The van der Waals surface area contributed by atoms with Crippen molar-refractivity contribution in [3.8, 4) is 0 Å². The van der Waals surface area contributed by atoms with Gasteiger partial charge in [-0.05, 0) is 37.1 Å². The minimum atomic E-state index is -0.479. The number of imide groups is 1. The van der Waals surface area contributed by atoms with Crippen molar-refractivity contribution in [1.82, 2.24) is 15.2 Å². The first kappa shape index (κ1) is 16.5. The zero-order valence-corrected chi connectivity index (χ0v) is 14.3. The fraction of sp³-hybridized carbons (Fsp3) is 0.368. The quantitative estimate of drug-likeness (QED) is 0.886. The largest absolute Gasteiger partial charge is 0.334 e. The Morgan fingerprint density at radius 1 is 1.19 bits per heavy atom. The lowest BCUT2D eigenvalue weighted by atomic mass is 9.82. The van der Waals surface area contributed by atoms with Gasteiger partial charge in [0.05, 0.1) is 17.1 Å². The van der Waals surface area contributed by atoms with E-state index in [-0.39, 0.29) is 24.4 Å². The Morgan fingerprint density at radius 3 is 2.92 bits per heavy atom. The van der Waals surface area contributed by atoms with Gasteiger partial charge in [-0.25, -0.2) is 4.79 Å². The van der Waals surface area contributed by atoms with Crippen LogP contribution in [-0.2, 0) is 9.59 Å². The van der Waals surface area contributed by atoms with Gasteiger partial charge in [0.25, 0.3) is 0 Å². The zero-order valence-electron chi connectivity index (χ0n) is 14.3. The maximum Gasteiger partial charge on any atom is 0.324 e. The molecule has 1 aliphatic carbocycles. The van der Waals surface area contributed by atoms with Gasteiger partial charge in [0.2, 0.25) is 11.8 Å². The van der Waals surface area contributed by atoms with Gasteiger partial charge in [-0.3, -0.25) is 19.5 Å². The average molecular weight is 352 g/mol. The second-order valence-corrected chi connectivity index (χ2v) is 6.80. The highest BCUT2D eigenvalue weighted by Gasteiger charge is 2.42. The topological polar surface area (TPSA) is 91.4 Å². The summed E-state index contributed by atoms with van der Waals surface area (Å²) in [5.41, 5.74) is 1.38. The van der Waals surface area contributed by atoms with Crippen LogP contribution in [0.25, 0.3) is 10.9 Å². The predicted octanol–water partition coefficient (Wildman–Crippen LogP) is 2.28. The van der Waals surface area contributed by atoms with Crippen LogP contribution < -0.4 is 10.6 Å². The number of benzene rings is 1. The molecule has 26 heavy (non-hydrogen) atoms. The highest BCUT2D eigenvalue weighted by atomic mass is 16.2. The Bertz CT molecular complexity index is 877. The fourth-order valence-corrected chi connectivity index (χ4v) is 3.83. The molecule has 2 N–H and O–H groups in total. The molecule has 2 atom stereocenters. The molecule has 0 spiro atoms. The van der Waals surface area contributed by atoms with Gasteiger partial charge in [-0.1, -0.05) is 18.9 Å². The van der Waals surface area contributed by atoms with Crippen LogP contribution in [0.5, 0.6) is 0 Å².